The van der Waals surface area contributed by atoms with Gasteiger partial charge in [0.1, 0.15) is 6.04 Å². The SMILES string of the molecule is CCC[C@@H](NC(=O)N1CCN(CCc2ccccc2)CC1)C(=O)O. The van der Waals surface area contributed by atoms with Crippen LogP contribution in [0.3, 0.4) is 0 Å². The number of hydrogen-bond donors (Lipinski definition) is 2. The van der Waals surface area contributed by atoms with Gasteiger partial charge in [-0.2, -0.15) is 0 Å². The highest BCUT2D eigenvalue weighted by Crippen LogP contribution is 2.07. The Morgan fingerprint density at radius 1 is 1.17 bits per heavy atom. The molecule has 1 aromatic rings. The third kappa shape index (κ3) is 5.53. The van der Waals surface area contributed by atoms with Crippen LogP contribution in [0, 0.1) is 0 Å². The van der Waals surface area contributed by atoms with E-state index in [0.29, 0.717) is 19.5 Å². The molecule has 1 aromatic carbocycles. The van der Waals surface area contributed by atoms with E-state index in [1.54, 1.807) is 4.90 Å². The van der Waals surface area contributed by atoms with Crippen molar-refractivity contribution in [1.82, 2.24) is 15.1 Å². The Kier molecular flexibility index (Phi) is 7.06. The van der Waals surface area contributed by atoms with E-state index in [2.05, 4.69) is 22.3 Å². The van der Waals surface area contributed by atoms with Crippen molar-refractivity contribution in [3.63, 3.8) is 0 Å². The quantitative estimate of drug-likeness (QED) is 0.798. The van der Waals surface area contributed by atoms with Crippen molar-refractivity contribution in [1.29, 1.82) is 0 Å². The van der Waals surface area contributed by atoms with Gasteiger partial charge in [-0.15, -0.1) is 0 Å². The first kappa shape index (κ1) is 18.3. The first-order chi connectivity index (χ1) is 11.6. The van der Waals surface area contributed by atoms with E-state index in [1.807, 2.05) is 25.1 Å². The van der Waals surface area contributed by atoms with Gasteiger partial charge in [-0.3, -0.25) is 4.90 Å². The fourth-order valence-corrected chi connectivity index (χ4v) is 2.89. The van der Waals surface area contributed by atoms with Gasteiger partial charge in [-0.25, -0.2) is 9.59 Å². The number of aliphatic carboxylic acids is 1. The normalized spacial score (nSPS) is 16.6. The lowest BCUT2D eigenvalue weighted by Gasteiger charge is -2.35. The summed E-state index contributed by atoms with van der Waals surface area (Å²) in [6.07, 6.45) is 2.19. The van der Waals surface area contributed by atoms with Crippen LogP contribution in [0.5, 0.6) is 0 Å². The average Bonchev–Trinajstić information content (AvgIpc) is 2.60. The van der Waals surface area contributed by atoms with Gasteiger partial charge in [-0.05, 0) is 18.4 Å². The van der Waals surface area contributed by atoms with E-state index in [9.17, 15) is 9.59 Å². The van der Waals surface area contributed by atoms with E-state index in [-0.39, 0.29) is 6.03 Å². The first-order valence-electron chi connectivity index (χ1n) is 8.64. The lowest BCUT2D eigenvalue weighted by Crippen LogP contribution is -2.54. The largest absolute Gasteiger partial charge is 0.480 e. The number of nitrogens with one attached hydrogen (secondary N) is 1. The predicted molar refractivity (Wildman–Crippen MR) is 93.0 cm³/mol. The van der Waals surface area contributed by atoms with E-state index >= 15 is 0 Å². The van der Waals surface area contributed by atoms with Crippen LogP contribution in [-0.4, -0.2) is 65.7 Å². The Morgan fingerprint density at radius 3 is 2.42 bits per heavy atom. The second kappa shape index (κ2) is 9.27. The first-order valence-corrected chi connectivity index (χ1v) is 8.64. The minimum absolute atomic E-state index is 0.265. The number of carbonyl (C=O) groups is 2. The van der Waals surface area contributed by atoms with Gasteiger partial charge in [0.25, 0.3) is 0 Å². The van der Waals surface area contributed by atoms with Crippen molar-refractivity contribution >= 4 is 12.0 Å². The molecule has 6 nitrogen and oxygen atoms in total. The highest BCUT2D eigenvalue weighted by atomic mass is 16.4. The monoisotopic (exact) mass is 333 g/mol. The summed E-state index contributed by atoms with van der Waals surface area (Å²) >= 11 is 0. The molecule has 1 fully saturated rings. The highest BCUT2D eigenvalue weighted by molar-refractivity contribution is 5.82. The number of hydrogen-bond acceptors (Lipinski definition) is 3. The molecule has 0 spiro atoms. The summed E-state index contributed by atoms with van der Waals surface area (Å²) in [7, 11) is 0. The number of carboxylic acids is 1. The zero-order chi connectivity index (χ0) is 17.4. The molecule has 24 heavy (non-hydrogen) atoms. The van der Waals surface area contributed by atoms with E-state index in [4.69, 9.17) is 5.11 Å². The van der Waals surface area contributed by atoms with E-state index in [1.165, 1.54) is 5.56 Å². The summed E-state index contributed by atoms with van der Waals surface area (Å²) in [6, 6.07) is 9.31. The molecule has 0 aromatic heterocycles. The molecule has 0 unspecified atom stereocenters. The fraction of sp³-hybridized carbons (Fsp3) is 0.556. The topological polar surface area (TPSA) is 72.9 Å². The van der Waals surface area contributed by atoms with Gasteiger partial charge in [0, 0.05) is 32.7 Å². The molecule has 0 saturated carbocycles. The molecule has 1 aliphatic rings. The number of amides is 2. The maximum absolute atomic E-state index is 12.2. The van der Waals surface area contributed by atoms with Crippen LogP contribution < -0.4 is 5.32 Å². The number of urea groups is 1. The van der Waals surface area contributed by atoms with Crippen LogP contribution in [0.1, 0.15) is 25.3 Å². The second-order valence-corrected chi connectivity index (χ2v) is 6.19. The Bertz CT molecular complexity index is 528. The number of carbonyl (C=O) groups excluding carboxylic acids is 1. The summed E-state index contributed by atoms with van der Waals surface area (Å²) < 4.78 is 0. The smallest absolute Gasteiger partial charge is 0.326 e. The Morgan fingerprint density at radius 2 is 1.83 bits per heavy atom. The minimum atomic E-state index is -0.966. The van der Waals surface area contributed by atoms with Crippen molar-refractivity contribution in [2.45, 2.75) is 32.2 Å². The molecule has 1 saturated heterocycles. The molecule has 2 rings (SSSR count). The number of nitrogens with zero attached hydrogens (tertiary/aromatic N) is 2. The summed E-state index contributed by atoms with van der Waals surface area (Å²) in [4.78, 5) is 27.4. The number of benzene rings is 1. The number of carboxylic acid groups (broad SMARTS) is 1. The molecule has 2 amide bonds. The molecular formula is C18H27N3O3. The maximum Gasteiger partial charge on any atom is 0.326 e. The summed E-state index contributed by atoms with van der Waals surface area (Å²) in [5, 5.41) is 11.8. The second-order valence-electron chi connectivity index (χ2n) is 6.19. The standard InChI is InChI=1S/C18H27N3O3/c1-2-6-16(17(22)23)19-18(24)21-13-11-20(12-14-21)10-9-15-7-4-3-5-8-15/h3-5,7-8,16H,2,6,9-14H2,1H3,(H,19,24)(H,22,23)/t16-/m1/s1. The molecule has 0 aliphatic carbocycles. The van der Waals surface area contributed by atoms with Gasteiger partial charge >= 0.3 is 12.0 Å². The molecule has 2 N–H and O–H groups in total. The van der Waals surface area contributed by atoms with Gasteiger partial charge < -0.3 is 15.3 Å². The summed E-state index contributed by atoms with van der Waals surface area (Å²) in [6.45, 7) is 5.82. The van der Waals surface area contributed by atoms with Crippen LogP contribution in [0.15, 0.2) is 30.3 Å². The lowest BCUT2D eigenvalue weighted by molar-refractivity contribution is -0.139. The van der Waals surface area contributed by atoms with Crippen LogP contribution in [0.2, 0.25) is 0 Å². The minimum Gasteiger partial charge on any atom is -0.480 e. The van der Waals surface area contributed by atoms with Gasteiger partial charge in [0.15, 0.2) is 0 Å². The zero-order valence-electron chi connectivity index (χ0n) is 14.3. The van der Waals surface area contributed by atoms with Crippen LogP contribution in [0.4, 0.5) is 4.79 Å². The van der Waals surface area contributed by atoms with E-state index in [0.717, 1.165) is 32.5 Å². The molecule has 0 radical (unpaired) electrons. The third-order valence-electron chi connectivity index (χ3n) is 4.39. The number of rotatable bonds is 7. The molecule has 1 heterocycles. The summed E-state index contributed by atoms with van der Waals surface area (Å²) in [5.41, 5.74) is 1.32. The Labute approximate surface area is 143 Å². The molecule has 0 bridgehead atoms. The molecular weight excluding hydrogens is 306 g/mol. The molecule has 1 aliphatic heterocycles. The molecule has 1 atom stereocenters. The average molecular weight is 333 g/mol. The highest BCUT2D eigenvalue weighted by Gasteiger charge is 2.25. The molecule has 132 valence electrons. The maximum atomic E-state index is 12.2. The fourth-order valence-electron chi connectivity index (χ4n) is 2.89. The van der Waals surface area contributed by atoms with Crippen molar-refractivity contribution in [2.75, 3.05) is 32.7 Å². The van der Waals surface area contributed by atoms with Gasteiger partial charge in [-0.1, -0.05) is 43.7 Å². The van der Waals surface area contributed by atoms with Crippen molar-refractivity contribution in [3.8, 4) is 0 Å². The van der Waals surface area contributed by atoms with Crippen LogP contribution in [-0.2, 0) is 11.2 Å². The number of piperazine rings is 1. The third-order valence-corrected chi connectivity index (χ3v) is 4.39. The Hall–Kier alpha value is -2.08. The van der Waals surface area contributed by atoms with Crippen molar-refractivity contribution in [3.05, 3.63) is 35.9 Å². The van der Waals surface area contributed by atoms with Gasteiger partial charge in [0.2, 0.25) is 0 Å². The van der Waals surface area contributed by atoms with Crippen molar-refractivity contribution < 1.29 is 14.7 Å². The lowest BCUT2D eigenvalue weighted by atomic mass is 10.1. The van der Waals surface area contributed by atoms with E-state index < -0.39 is 12.0 Å². The van der Waals surface area contributed by atoms with Crippen LogP contribution >= 0.6 is 0 Å². The molecule has 6 heteroatoms. The zero-order valence-corrected chi connectivity index (χ0v) is 14.3. The van der Waals surface area contributed by atoms with Gasteiger partial charge in [0.05, 0.1) is 0 Å². The predicted octanol–water partition coefficient (Wildman–Crippen LogP) is 1.81. The van der Waals surface area contributed by atoms with Crippen LogP contribution in [0.25, 0.3) is 0 Å². The van der Waals surface area contributed by atoms with Crippen molar-refractivity contribution in [2.24, 2.45) is 0 Å². The summed E-state index contributed by atoms with van der Waals surface area (Å²) in [5.74, 6) is -0.966. The Balaban J connectivity index is 1.73.